The van der Waals surface area contributed by atoms with Crippen molar-refractivity contribution in [3.05, 3.63) is 64.3 Å². The predicted octanol–water partition coefficient (Wildman–Crippen LogP) is 4.31. The molecule has 0 amide bonds. The van der Waals surface area contributed by atoms with E-state index in [2.05, 4.69) is 16.7 Å². The zero-order valence-corrected chi connectivity index (χ0v) is 18.8. The van der Waals surface area contributed by atoms with Gasteiger partial charge in [0, 0.05) is 10.9 Å². The van der Waals surface area contributed by atoms with Crippen LogP contribution in [0.4, 0.5) is 0 Å². The Bertz CT molecular complexity index is 1140. The number of methoxy groups -OCH3 is 3. The van der Waals surface area contributed by atoms with Gasteiger partial charge in [-0.15, -0.1) is 11.3 Å². The number of nitrogens with zero attached hydrogens (tertiary/aromatic N) is 3. The fourth-order valence-electron chi connectivity index (χ4n) is 2.83. The van der Waals surface area contributed by atoms with Crippen molar-refractivity contribution in [2.75, 3.05) is 27.9 Å². The molecule has 8 heteroatoms. The average Bonchev–Trinajstić information content (AvgIpc) is 3.18. The van der Waals surface area contributed by atoms with E-state index in [0.717, 1.165) is 27.2 Å². The van der Waals surface area contributed by atoms with Crippen molar-refractivity contribution in [1.29, 1.82) is 0 Å². The van der Waals surface area contributed by atoms with Crippen molar-refractivity contribution in [2.45, 2.75) is 6.92 Å². The molecule has 31 heavy (non-hydrogen) atoms. The van der Waals surface area contributed by atoms with Gasteiger partial charge in [-0.3, -0.25) is 4.99 Å². The second kappa shape index (κ2) is 9.99. The molecular weight excluding hydrogens is 414 g/mol. The van der Waals surface area contributed by atoms with E-state index in [9.17, 15) is 5.11 Å². The van der Waals surface area contributed by atoms with Gasteiger partial charge >= 0.3 is 0 Å². The fourth-order valence-corrected chi connectivity index (χ4v) is 3.67. The van der Waals surface area contributed by atoms with E-state index in [1.807, 2.05) is 24.4 Å². The lowest BCUT2D eigenvalue weighted by Crippen LogP contribution is -2.13. The summed E-state index contributed by atoms with van der Waals surface area (Å²) in [6, 6.07) is 10.6. The number of benzene rings is 2. The Hall–Kier alpha value is -3.52. The van der Waals surface area contributed by atoms with Gasteiger partial charge in [-0.05, 0) is 48.9 Å². The third kappa shape index (κ3) is 5.16. The molecule has 0 radical (unpaired) electrons. The fraction of sp³-hybridized carbons (Fsp3) is 0.217. The van der Waals surface area contributed by atoms with Gasteiger partial charge in [0.2, 0.25) is 10.6 Å². The SMILES string of the molecule is C=C(C)CN=c1scc(-c2cc(OC)c(OC)c(OC)c2)n1N=Cc1ccc(O)cc1. The Labute approximate surface area is 185 Å². The molecule has 0 aliphatic heterocycles. The molecule has 0 unspecified atom stereocenters. The Morgan fingerprint density at radius 3 is 2.29 bits per heavy atom. The number of ether oxygens (including phenoxy) is 3. The molecule has 7 nitrogen and oxygen atoms in total. The van der Waals surface area contributed by atoms with Crippen LogP contribution in [0.2, 0.25) is 0 Å². The molecule has 1 heterocycles. The first-order valence-electron chi connectivity index (χ1n) is 9.46. The minimum atomic E-state index is 0.204. The highest BCUT2D eigenvalue weighted by Crippen LogP contribution is 2.41. The molecule has 3 rings (SSSR count). The summed E-state index contributed by atoms with van der Waals surface area (Å²) < 4.78 is 18.2. The molecule has 3 aromatic rings. The van der Waals surface area contributed by atoms with Gasteiger partial charge in [0.25, 0.3) is 0 Å². The standard InChI is InChI=1S/C23H25N3O4S/c1-15(2)12-24-23-26(25-13-16-6-8-18(27)9-7-16)19(14-31-23)17-10-20(28-3)22(30-5)21(11-17)29-4/h6-11,13-14,27H,1,12H2,2-5H3. The molecule has 2 aromatic carbocycles. The van der Waals surface area contributed by atoms with Crippen LogP contribution >= 0.6 is 11.3 Å². The van der Waals surface area contributed by atoms with Crippen LogP contribution in [0.5, 0.6) is 23.0 Å². The van der Waals surface area contributed by atoms with Crippen LogP contribution in [0.3, 0.4) is 0 Å². The van der Waals surface area contributed by atoms with Crippen LogP contribution in [0.25, 0.3) is 11.3 Å². The normalized spacial score (nSPS) is 11.7. The molecule has 1 N–H and O–H groups in total. The summed E-state index contributed by atoms with van der Waals surface area (Å²) in [5.41, 5.74) is 3.46. The number of hydrogen-bond acceptors (Lipinski definition) is 7. The number of phenols is 1. The van der Waals surface area contributed by atoms with Crippen molar-refractivity contribution < 1.29 is 19.3 Å². The second-order valence-corrected chi connectivity index (χ2v) is 7.58. The highest BCUT2D eigenvalue weighted by atomic mass is 32.1. The second-order valence-electron chi connectivity index (χ2n) is 6.74. The Balaban J connectivity index is 2.15. The molecule has 0 atom stereocenters. The Morgan fingerprint density at radius 2 is 1.74 bits per heavy atom. The van der Waals surface area contributed by atoms with Gasteiger partial charge in [0.05, 0.1) is 39.8 Å². The molecule has 0 bridgehead atoms. The van der Waals surface area contributed by atoms with Crippen molar-refractivity contribution in [3.63, 3.8) is 0 Å². The van der Waals surface area contributed by atoms with E-state index in [-0.39, 0.29) is 5.75 Å². The third-order valence-electron chi connectivity index (χ3n) is 4.35. The van der Waals surface area contributed by atoms with Crippen LogP contribution in [0, 0.1) is 0 Å². The molecule has 1 aromatic heterocycles. The summed E-state index contributed by atoms with van der Waals surface area (Å²) in [6.45, 7) is 6.36. The number of aromatic hydroxyl groups is 1. The van der Waals surface area contributed by atoms with Gasteiger partial charge in [0.1, 0.15) is 5.75 Å². The van der Waals surface area contributed by atoms with Crippen LogP contribution in [-0.2, 0) is 0 Å². The smallest absolute Gasteiger partial charge is 0.206 e. The first kappa shape index (κ1) is 22.2. The summed E-state index contributed by atoms with van der Waals surface area (Å²) >= 11 is 1.48. The maximum Gasteiger partial charge on any atom is 0.206 e. The van der Waals surface area contributed by atoms with Crippen molar-refractivity contribution in [1.82, 2.24) is 4.68 Å². The molecule has 162 valence electrons. The number of rotatable bonds is 8. The first-order chi connectivity index (χ1) is 15.0. The maximum absolute atomic E-state index is 9.50. The summed E-state index contributed by atoms with van der Waals surface area (Å²) in [7, 11) is 4.74. The lowest BCUT2D eigenvalue weighted by molar-refractivity contribution is 0.324. The molecule has 0 spiro atoms. The van der Waals surface area contributed by atoms with Gasteiger partial charge in [-0.25, -0.2) is 4.68 Å². The zero-order valence-electron chi connectivity index (χ0n) is 18.0. The molecule has 0 aliphatic carbocycles. The molecule has 0 saturated heterocycles. The number of aromatic nitrogens is 1. The topological polar surface area (TPSA) is 77.6 Å². The minimum Gasteiger partial charge on any atom is -0.508 e. The Morgan fingerprint density at radius 1 is 1.10 bits per heavy atom. The van der Waals surface area contributed by atoms with Crippen LogP contribution in [0.1, 0.15) is 12.5 Å². The maximum atomic E-state index is 9.50. The number of thiazole rings is 1. The number of hydrogen-bond donors (Lipinski definition) is 1. The van der Waals surface area contributed by atoms with E-state index >= 15 is 0 Å². The van der Waals surface area contributed by atoms with Crippen molar-refractivity contribution >= 4 is 17.6 Å². The van der Waals surface area contributed by atoms with Gasteiger partial charge in [0.15, 0.2) is 11.5 Å². The lowest BCUT2D eigenvalue weighted by Gasteiger charge is -2.14. The van der Waals surface area contributed by atoms with Crippen LogP contribution in [-0.4, -0.2) is 43.9 Å². The van der Waals surface area contributed by atoms with E-state index in [1.165, 1.54) is 11.3 Å². The predicted molar refractivity (Wildman–Crippen MR) is 124 cm³/mol. The van der Waals surface area contributed by atoms with E-state index in [4.69, 9.17) is 14.2 Å². The van der Waals surface area contributed by atoms with Gasteiger partial charge in [-0.2, -0.15) is 5.10 Å². The van der Waals surface area contributed by atoms with Crippen molar-refractivity contribution in [2.24, 2.45) is 10.1 Å². The van der Waals surface area contributed by atoms with Gasteiger partial charge in [-0.1, -0.05) is 12.2 Å². The lowest BCUT2D eigenvalue weighted by atomic mass is 10.1. The van der Waals surface area contributed by atoms with Crippen LogP contribution in [0.15, 0.2) is 64.0 Å². The molecular formula is C23H25N3O4S. The summed E-state index contributed by atoms with van der Waals surface area (Å²) in [6.07, 6.45) is 1.72. The van der Waals surface area contributed by atoms with Crippen molar-refractivity contribution in [3.8, 4) is 34.3 Å². The zero-order chi connectivity index (χ0) is 22.4. The monoisotopic (exact) mass is 439 g/mol. The summed E-state index contributed by atoms with van der Waals surface area (Å²) in [5.74, 6) is 1.83. The van der Waals surface area contributed by atoms with Crippen LogP contribution < -0.4 is 19.0 Å². The molecule has 0 aliphatic rings. The quantitative estimate of drug-likeness (QED) is 0.419. The highest BCUT2D eigenvalue weighted by Gasteiger charge is 2.17. The summed E-state index contributed by atoms with van der Waals surface area (Å²) in [5, 5.41) is 16.1. The number of phenolic OH excluding ortho intramolecular Hbond substituents is 1. The van der Waals surface area contributed by atoms with E-state index < -0.39 is 0 Å². The average molecular weight is 440 g/mol. The third-order valence-corrected chi connectivity index (χ3v) is 5.20. The van der Waals surface area contributed by atoms with E-state index in [0.29, 0.717) is 23.8 Å². The Kier molecular flexibility index (Phi) is 7.15. The molecule has 0 fully saturated rings. The summed E-state index contributed by atoms with van der Waals surface area (Å²) in [4.78, 5) is 5.36. The first-order valence-corrected chi connectivity index (χ1v) is 10.3. The highest BCUT2D eigenvalue weighted by molar-refractivity contribution is 7.07. The minimum absolute atomic E-state index is 0.204. The van der Waals surface area contributed by atoms with E-state index in [1.54, 1.807) is 56.5 Å². The molecule has 0 saturated carbocycles. The largest absolute Gasteiger partial charge is 0.508 e. The van der Waals surface area contributed by atoms with Gasteiger partial charge < -0.3 is 19.3 Å².